The molecule has 2 heterocycles. The van der Waals surface area contributed by atoms with Crippen LogP contribution in [0.4, 0.5) is 4.79 Å². The van der Waals surface area contributed by atoms with Crippen LogP contribution < -0.4 is 14.8 Å². The molecule has 1 aliphatic carbocycles. The van der Waals surface area contributed by atoms with Gasteiger partial charge in [-0.1, -0.05) is 6.07 Å². The number of ether oxygens (including phenoxy) is 2. The number of thiophene rings is 1. The number of carbonyl (C=O) groups excluding carboxylic acids is 2. The molecule has 1 saturated carbocycles. The number of carbonyl (C=O) groups is 2. The smallest absolute Gasteiger partial charge is 0.318 e. The molecule has 0 spiro atoms. The van der Waals surface area contributed by atoms with E-state index in [0.717, 1.165) is 29.0 Å². The van der Waals surface area contributed by atoms with Crippen molar-refractivity contribution in [3.05, 3.63) is 45.6 Å². The maximum absolute atomic E-state index is 13.3. The monoisotopic (exact) mass is 429 g/mol. The number of amides is 3. The lowest BCUT2D eigenvalue weighted by atomic mass is 10.1. The van der Waals surface area contributed by atoms with Crippen molar-refractivity contribution in [3.8, 4) is 11.5 Å². The molecule has 160 valence electrons. The van der Waals surface area contributed by atoms with Gasteiger partial charge in [0.05, 0.1) is 6.54 Å². The molecule has 2 aromatic rings. The molecular weight excluding hydrogens is 402 g/mol. The van der Waals surface area contributed by atoms with Gasteiger partial charge in [0.2, 0.25) is 12.7 Å². The number of aryl methyl sites for hydroxylation is 1. The first-order chi connectivity index (χ1) is 14.5. The largest absolute Gasteiger partial charge is 0.454 e. The fraction of sp³-hybridized carbons (Fsp3) is 0.455. The first kappa shape index (κ1) is 20.5. The summed E-state index contributed by atoms with van der Waals surface area (Å²) in [6.07, 6.45) is 1.91. The van der Waals surface area contributed by atoms with Gasteiger partial charge in [0.15, 0.2) is 11.5 Å². The normalized spacial score (nSPS) is 14.5. The third-order valence-electron chi connectivity index (χ3n) is 5.35. The molecule has 0 bridgehead atoms. The lowest BCUT2D eigenvalue weighted by molar-refractivity contribution is -0.133. The number of hydrogen-bond acceptors (Lipinski definition) is 5. The Hall–Kier alpha value is -2.74. The summed E-state index contributed by atoms with van der Waals surface area (Å²) in [4.78, 5) is 30.4. The SMILES string of the molecule is CCNC(=O)N(CC(=O)N(Cc1ccc2c(c1)OCO2)Cc1sccc1C)C1CC1. The van der Waals surface area contributed by atoms with Gasteiger partial charge in [-0.15, -0.1) is 11.3 Å². The van der Waals surface area contributed by atoms with Crippen molar-refractivity contribution in [3.63, 3.8) is 0 Å². The van der Waals surface area contributed by atoms with Crippen molar-refractivity contribution in [2.45, 2.75) is 45.8 Å². The summed E-state index contributed by atoms with van der Waals surface area (Å²) in [6.45, 7) is 5.76. The highest BCUT2D eigenvalue weighted by atomic mass is 32.1. The molecule has 7 nitrogen and oxygen atoms in total. The third-order valence-corrected chi connectivity index (χ3v) is 6.36. The van der Waals surface area contributed by atoms with E-state index in [1.54, 1.807) is 16.2 Å². The van der Waals surface area contributed by atoms with Crippen LogP contribution in [0.15, 0.2) is 29.6 Å². The Morgan fingerprint density at radius 1 is 1.17 bits per heavy atom. The quantitative estimate of drug-likeness (QED) is 0.697. The zero-order chi connectivity index (χ0) is 21.1. The molecule has 3 amide bonds. The zero-order valence-corrected chi connectivity index (χ0v) is 18.2. The van der Waals surface area contributed by atoms with Gasteiger partial charge in [-0.2, -0.15) is 0 Å². The van der Waals surface area contributed by atoms with E-state index in [4.69, 9.17) is 9.47 Å². The summed E-state index contributed by atoms with van der Waals surface area (Å²) in [5.74, 6) is 1.37. The second-order valence-electron chi connectivity index (χ2n) is 7.66. The Morgan fingerprint density at radius 2 is 1.97 bits per heavy atom. The van der Waals surface area contributed by atoms with Gasteiger partial charge in [-0.05, 0) is 61.4 Å². The van der Waals surface area contributed by atoms with Crippen LogP contribution in [0.3, 0.4) is 0 Å². The fourth-order valence-corrected chi connectivity index (χ4v) is 4.40. The number of nitrogens with one attached hydrogen (secondary N) is 1. The van der Waals surface area contributed by atoms with Crippen LogP contribution in [0.2, 0.25) is 0 Å². The lowest BCUT2D eigenvalue weighted by Gasteiger charge is -2.28. The fourth-order valence-electron chi connectivity index (χ4n) is 3.48. The standard InChI is InChI=1S/C22H27N3O4S/c1-3-23-22(27)25(17-5-6-17)13-21(26)24(12-20-15(2)8-9-30-20)11-16-4-7-18-19(10-16)29-14-28-18/h4,7-10,17H,3,5-6,11-14H2,1-2H3,(H,23,27). The van der Waals surface area contributed by atoms with Crippen LogP contribution >= 0.6 is 11.3 Å². The number of hydrogen-bond donors (Lipinski definition) is 1. The van der Waals surface area contributed by atoms with E-state index < -0.39 is 0 Å². The average molecular weight is 430 g/mol. The number of fused-ring (bicyclic) bond motifs is 1. The Morgan fingerprint density at radius 3 is 2.67 bits per heavy atom. The van der Waals surface area contributed by atoms with Crippen LogP contribution in [0.1, 0.15) is 35.8 Å². The molecule has 4 rings (SSSR count). The lowest BCUT2D eigenvalue weighted by Crippen LogP contribution is -2.47. The highest BCUT2D eigenvalue weighted by Crippen LogP contribution is 2.33. The van der Waals surface area contributed by atoms with Gasteiger partial charge < -0.3 is 24.6 Å². The van der Waals surface area contributed by atoms with E-state index >= 15 is 0 Å². The molecule has 8 heteroatoms. The number of nitrogens with zero attached hydrogens (tertiary/aromatic N) is 2. The van der Waals surface area contributed by atoms with E-state index in [-0.39, 0.29) is 31.3 Å². The summed E-state index contributed by atoms with van der Waals surface area (Å²) in [7, 11) is 0. The van der Waals surface area contributed by atoms with Gasteiger partial charge in [0.25, 0.3) is 0 Å². The second kappa shape index (κ2) is 8.95. The first-order valence-corrected chi connectivity index (χ1v) is 11.2. The van der Waals surface area contributed by atoms with Crippen LogP contribution in [-0.2, 0) is 17.9 Å². The molecule has 0 saturated heterocycles. The van der Waals surface area contributed by atoms with Crippen molar-refractivity contribution < 1.29 is 19.1 Å². The average Bonchev–Trinajstić information content (AvgIpc) is 3.32. The Bertz CT molecular complexity index is 925. The highest BCUT2D eigenvalue weighted by Gasteiger charge is 2.34. The molecule has 2 aliphatic rings. The molecule has 1 aromatic heterocycles. The predicted molar refractivity (Wildman–Crippen MR) is 115 cm³/mol. The molecule has 0 radical (unpaired) electrons. The maximum Gasteiger partial charge on any atom is 0.318 e. The van der Waals surface area contributed by atoms with Crippen molar-refractivity contribution >= 4 is 23.3 Å². The van der Waals surface area contributed by atoms with Crippen molar-refractivity contribution in [2.24, 2.45) is 0 Å². The Kier molecular flexibility index (Phi) is 6.13. The molecule has 1 N–H and O–H groups in total. The van der Waals surface area contributed by atoms with Gasteiger partial charge in [0.1, 0.15) is 6.54 Å². The molecule has 30 heavy (non-hydrogen) atoms. The zero-order valence-electron chi connectivity index (χ0n) is 17.3. The third kappa shape index (κ3) is 4.70. The minimum Gasteiger partial charge on any atom is -0.454 e. The van der Waals surface area contributed by atoms with Gasteiger partial charge in [-0.25, -0.2) is 4.79 Å². The van der Waals surface area contributed by atoms with E-state index in [1.165, 1.54) is 5.56 Å². The van der Waals surface area contributed by atoms with Crippen LogP contribution in [0, 0.1) is 6.92 Å². The highest BCUT2D eigenvalue weighted by molar-refractivity contribution is 7.10. The first-order valence-electron chi connectivity index (χ1n) is 10.3. The number of rotatable bonds is 8. The molecule has 0 unspecified atom stereocenters. The van der Waals surface area contributed by atoms with Gasteiger partial charge in [-0.3, -0.25) is 4.79 Å². The summed E-state index contributed by atoms with van der Waals surface area (Å²) in [6, 6.07) is 7.82. The summed E-state index contributed by atoms with van der Waals surface area (Å²) < 4.78 is 10.9. The van der Waals surface area contributed by atoms with E-state index in [1.807, 2.05) is 35.4 Å². The van der Waals surface area contributed by atoms with E-state index in [2.05, 4.69) is 18.3 Å². The minimum absolute atomic E-state index is 0.0568. The Labute approximate surface area is 180 Å². The molecule has 0 atom stereocenters. The molecule has 1 fully saturated rings. The maximum atomic E-state index is 13.3. The summed E-state index contributed by atoms with van der Waals surface area (Å²) >= 11 is 1.65. The van der Waals surface area contributed by atoms with Crippen LogP contribution in [0.25, 0.3) is 0 Å². The van der Waals surface area contributed by atoms with Crippen LogP contribution in [-0.4, -0.2) is 47.7 Å². The van der Waals surface area contributed by atoms with Crippen molar-refractivity contribution in [1.82, 2.24) is 15.1 Å². The summed E-state index contributed by atoms with van der Waals surface area (Å²) in [5.41, 5.74) is 2.14. The second-order valence-corrected chi connectivity index (χ2v) is 8.66. The Balaban J connectivity index is 1.52. The predicted octanol–water partition coefficient (Wildman–Crippen LogP) is 3.51. The molecular formula is C22H27N3O4S. The van der Waals surface area contributed by atoms with Gasteiger partial charge >= 0.3 is 6.03 Å². The van der Waals surface area contributed by atoms with Gasteiger partial charge in [0, 0.05) is 24.0 Å². The number of urea groups is 1. The topological polar surface area (TPSA) is 71.1 Å². The van der Waals surface area contributed by atoms with Crippen molar-refractivity contribution in [1.29, 1.82) is 0 Å². The van der Waals surface area contributed by atoms with Crippen LogP contribution in [0.5, 0.6) is 11.5 Å². The number of benzene rings is 1. The van der Waals surface area contributed by atoms with E-state index in [9.17, 15) is 9.59 Å². The molecule has 1 aromatic carbocycles. The van der Waals surface area contributed by atoms with Crippen molar-refractivity contribution in [2.75, 3.05) is 19.9 Å². The molecule has 1 aliphatic heterocycles. The summed E-state index contributed by atoms with van der Waals surface area (Å²) in [5, 5.41) is 4.87. The minimum atomic E-state index is -0.163. The van der Waals surface area contributed by atoms with E-state index in [0.29, 0.717) is 25.4 Å².